The summed E-state index contributed by atoms with van der Waals surface area (Å²) >= 11 is 0. The van der Waals surface area contributed by atoms with Crippen LogP contribution in [0.3, 0.4) is 0 Å². The highest BCUT2D eigenvalue weighted by Gasteiger charge is 2.47. The minimum atomic E-state index is -0.538. The maximum absolute atomic E-state index is 14.0. The molecule has 0 atom stereocenters. The summed E-state index contributed by atoms with van der Waals surface area (Å²) in [6.07, 6.45) is 3.99. The lowest BCUT2D eigenvalue weighted by Gasteiger charge is -2.17. The van der Waals surface area contributed by atoms with Gasteiger partial charge in [0.05, 0.1) is 17.1 Å². The van der Waals surface area contributed by atoms with Gasteiger partial charge < -0.3 is 5.11 Å². The van der Waals surface area contributed by atoms with Crippen molar-refractivity contribution in [2.75, 3.05) is 4.90 Å². The molecule has 0 N–H and O–H groups in total. The molecule has 4 aromatic rings. The summed E-state index contributed by atoms with van der Waals surface area (Å²) in [7, 11) is 0. The van der Waals surface area contributed by atoms with Crippen molar-refractivity contribution in [1.29, 1.82) is 0 Å². The average molecular weight is 493 g/mol. The van der Waals surface area contributed by atoms with Gasteiger partial charge in [-0.05, 0) is 74.9 Å². The Morgan fingerprint density at radius 1 is 0.865 bits per heavy atom. The van der Waals surface area contributed by atoms with E-state index in [1.165, 1.54) is 4.68 Å². The monoisotopic (exact) mass is 492 g/mol. The molecule has 37 heavy (non-hydrogen) atoms. The number of carbonyl (C=O) groups is 2. The average Bonchev–Trinajstić information content (AvgIpc) is 3.34. The lowest BCUT2D eigenvalue weighted by molar-refractivity contribution is -0.577. The van der Waals surface area contributed by atoms with Crippen molar-refractivity contribution in [3.8, 4) is 11.6 Å². The van der Waals surface area contributed by atoms with E-state index in [1.807, 2.05) is 71.1 Å². The van der Waals surface area contributed by atoms with Crippen molar-refractivity contribution in [3.63, 3.8) is 0 Å². The summed E-state index contributed by atoms with van der Waals surface area (Å²) in [6, 6.07) is 16.4. The van der Waals surface area contributed by atoms with Crippen LogP contribution in [0.1, 0.15) is 40.4 Å². The molecule has 2 amide bonds. The molecule has 2 aromatic heterocycles. The summed E-state index contributed by atoms with van der Waals surface area (Å²) in [5.74, 6) is -1.44. The second kappa shape index (κ2) is 9.17. The van der Waals surface area contributed by atoms with E-state index in [2.05, 4.69) is 5.10 Å². The topological polar surface area (TPSA) is 82.1 Å². The lowest BCUT2D eigenvalue weighted by Crippen LogP contribution is -2.40. The van der Waals surface area contributed by atoms with E-state index >= 15 is 0 Å². The maximum Gasteiger partial charge on any atom is 0.331 e. The Morgan fingerprint density at radius 3 is 2.27 bits per heavy atom. The molecular weight excluding hydrogens is 464 g/mol. The van der Waals surface area contributed by atoms with E-state index in [-0.39, 0.29) is 16.8 Å². The van der Waals surface area contributed by atoms with Crippen LogP contribution in [0.5, 0.6) is 5.88 Å². The summed E-state index contributed by atoms with van der Waals surface area (Å²) < 4.78 is 3.00. The number of imide groups is 1. The molecule has 7 heteroatoms. The first kappa shape index (κ1) is 24.2. The summed E-state index contributed by atoms with van der Waals surface area (Å²) in [4.78, 5) is 29.0. The van der Waals surface area contributed by atoms with Gasteiger partial charge in [0.25, 0.3) is 11.6 Å². The third-order valence-corrected chi connectivity index (χ3v) is 7.08. The van der Waals surface area contributed by atoms with E-state index in [0.717, 1.165) is 27.2 Å². The molecule has 0 fully saturated rings. The maximum atomic E-state index is 14.0. The third kappa shape index (κ3) is 3.83. The predicted molar refractivity (Wildman–Crippen MR) is 140 cm³/mol. The fourth-order valence-electron chi connectivity index (χ4n) is 4.68. The van der Waals surface area contributed by atoms with Gasteiger partial charge in [0.15, 0.2) is 12.4 Å². The van der Waals surface area contributed by atoms with E-state index in [9.17, 15) is 14.7 Å². The predicted octanol–water partition coefficient (Wildman–Crippen LogP) is 3.97. The summed E-state index contributed by atoms with van der Waals surface area (Å²) in [5.41, 5.74) is 5.91. The number of hydrogen-bond acceptors (Lipinski definition) is 4. The van der Waals surface area contributed by atoms with Crippen LogP contribution in [0, 0.1) is 27.7 Å². The molecule has 0 aliphatic carbocycles. The molecule has 7 nitrogen and oxygen atoms in total. The zero-order chi connectivity index (χ0) is 26.4. The number of nitrogens with zero attached hydrogens (tertiary/aromatic N) is 4. The van der Waals surface area contributed by atoms with Crippen molar-refractivity contribution < 1.29 is 19.3 Å². The van der Waals surface area contributed by atoms with Crippen molar-refractivity contribution in [1.82, 2.24) is 9.78 Å². The number of hydrogen-bond donors (Lipinski definition) is 0. The Labute approximate surface area is 215 Å². The van der Waals surface area contributed by atoms with Gasteiger partial charge in [-0.1, -0.05) is 37.3 Å². The number of pyridine rings is 1. The zero-order valence-corrected chi connectivity index (χ0v) is 21.6. The van der Waals surface area contributed by atoms with Gasteiger partial charge in [0.2, 0.25) is 0 Å². The smallest absolute Gasteiger partial charge is 0.331 e. The first-order valence-electron chi connectivity index (χ1n) is 12.3. The van der Waals surface area contributed by atoms with Gasteiger partial charge >= 0.3 is 5.91 Å². The van der Waals surface area contributed by atoms with Crippen LogP contribution in [-0.4, -0.2) is 21.6 Å². The number of aryl methyl sites for hydroxylation is 4. The molecule has 0 radical (unpaired) electrons. The number of anilines is 1. The molecule has 0 saturated heterocycles. The molecule has 1 aliphatic heterocycles. The molecule has 0 bridgehead atoms. The Morgan fingerprint density at radius 2 is 1.59 bits per heavy atom. The number of para-hydroxylation sites is 1. The minimum absolute atomic E-state index is 0.0699. The van der Waals surface area contributed by atoms with Crippen LogP contribution in [0.4, 0.5) is 5.69 Å². The van der Waals surface area contributed by atoms with Gasteiger partial charge in [-0.3, -0.25) is 9.59 Å². The van der Waals surface area contributed by atoms with Crippen LogP contribution in [0.25, 0.3) is 17.0 Å². The van der Waals surface area contributed by atoms with Crippen LogP contribution in [0.15, 0.2) is 67.0 Å². The van der Waals surface area contributed by atoms with Crippen molar-refractivity contribution in [2.24, 2.45) is 0 Å². The number of aromatic nitrogens is 3. The van der Waals surface area contributed by atoms with Crippen molar-refractivity contribution >= 4 is 28.8 Å². The zero-order valence-electron chi connectivity index (χ0n) is 21.6. The minimum Gasteiger partial charge on any atom is -0.858 e. The molecule has 186 valence electrons. The van der Waals surface area contributed by atoms with Crippen molar-refractivity contribution in [2.45, 2.75) is 41.0 Å². The number of benzene rings is 2. The number of amides is 2. The van der Waals surface area contributed by atoms with Gasteiger partial charge in [-0.15, -0.1) is 0 Å². The van der Waals surface area contributed by atoms with Gasteiger partial charge in [-0.25, -0.2) is 9.58 Å². The molecule has 5 rings (SSSR count). The van der Waals surface area contributed by atoms with Crippen molar-refractivity contribution in [3.05, 3.63) is 101 Å². The van der Waals surface area contributed by atoms with Crippen LogP contribution in [-0.2, 0) is 16.0 Å². The quantitative estimate of drug-likeness (QED) is 0.312. The normalized spacial score (nSPS) is 13.7. The van der Waals surface area contributed by atoms with E-state index < -0.39 is 17.7 Å². The van der Waals surface area contributed by atoms with Gasteiger partial charge in [0.1, 0.15) is 5.57 Å². The molecule has 1 aliphatic rings. The largest absolute Gasteiger partial charge is 0.858 e. The highest BCUT2D eigenvalue weighted by atomic mass is 16.3. The highest BCUT2D eigenvalue weighted by Crippen LogP contribution is 2.39. The van der Waals surface area contributed by atoms with Gasteiger partial charge in [-0.2, -0.15) is 9.67 Å². The SMILES string of the molecule is CCc1nn(-c2cccc(C)c2C)c([O-])c1C1=C([n+]2ccc(C)c(C)c2)C(=O)N(c2ccccc2)C1=O. The first-order valence-corrected chi connectivity index (χ1v) is 12.3. The molecule has 3 heterocycles. The molecule has 0 unspecified atom stereocenters. The Balaban J connectivity index is 1.80. The van der Waals surface area contributed by atoms with Crippen LogP contribution < -0.4 is 14.6 Å². The molecular formula is C30H28N4O3. The Bertz CT molecular complexity index is 1600. The van der Waals surface area contributed by atoms with Crippen LogP contribution >= 0.6 is 0 Å². The Kier molecular flexibility index (Phi) is 5.99. The second-order valence-corrected chi connectivity index (χ2v) is 9.33. The summed E-state index contributed by atoms with van der Waals surface area (Å²) in [5, 5.41) is 18.6. The highest BCUT2D eigenvalue weighted by molar-refractivity contribution is 6.53. The number of carbonyl (C=O) groups excluding carboxylic acids is 2. The van der Waals surface area contributed by atoms with E-state index in [0.29, 0.717) is 23.5 Å². The fourth-order valence-corrected chi connectivity index (χ4v) is 4.68. The number of rotatable bonds is 5. The fraction of sp³-hybridized carbons (Fsp3) is 0.200. The molecule has 0 saturated carbocycles. The van der Waals surface area contributed by atoms with E-state index in [1.54, 1.807) is 35.0 Å². The second-order valence-electron chi connectivity index (χ2n) is 9.33. The summed E-state index contributed by atoms with van der Waals surface area (Å²) in [6.45, 7) is 9.72. The first-order chi connectivity index (χ1) is 17.7. The molecule has 2 aromatic carbocycles. The van der Waals surface area contributed by atoms with E-state index in [4.69, 9.17) is 0 Å². The van der Waals surface area contributed by atoms with Crippen LogP contribution in [0.2, 0.25) is 0 Å². The standard InChI is InChI=1S/C30H28N4O3/c1-6-23-25(29(36)34(31-23)24-14-10-11-19(3)21(24)5)26-27(32-16-15-18(2)20(4)17-32)30(37)33(28(26)35)22-12-8-7-9-13-22/h7-17H,6H2,1-5H3. The van der Waals surface area contributed by atoms with Gasteiger partial charge in [0, 0.05) is 17.2 Å². The lowest BCUT2D eigenvalue weighted by atomic mass is 10.0. The third-order valence-electron chi connectivity index (χ3n) is 7.08. The molecule has 0 spiro atoms. The Hall–Kier alpha value is -4.52.